The molecule has 0 aromatic carbocycles. The molecule has 0 aliphatic carbocycles. The van der Waals surface area contributed by atoms with Crippen molar-refractivity contribution < 1.29 is 4.42 Å². The first-order chi connectivity index (χ1) is 8.19. The number of hydrogen-bond acceptors (Lipinski definition) is 5. The van der Waals surface area contributed by atoms with Gasteiger partial charge in [-0.15, -0.1) is 5.10 Å². The van der Waals surface area contributed by atoms with Gasteiger partial charge in [-0.05, 0) is 22.0 Å². The van der Waals surface area contributed by atoms with Crippen LogP contribution in [0.25, 0.3) is 0 Å². The molecule has 0 fully saturated rings. The average molecular weight is 300 g/mol. The first-order valence-corrected chi connectivity index (χ1v) is 6.05. The third kappa shape index (κ3) is 2.13. The minimum absolute atomic E-state index is 0.196. The molecule has 0 aliphatic heterocycles. The molecule has 7 heteroatoms. The maximum absolute atomic E-state index is 5.64. The smallest absolute Gasteiger partial charge is 0.153 e. The van der Waals surface area contributed by atoms with Crippen LogP contribution in [0.3, 0.4) is 0 Å². The first-order valence-electron chi connectivity index (χ1n) is 5.26. The quantitative estimate of drug-likeness (QED) is 0.657. The van der Waals surface area contributed by atoms with Gasteiger partial charge in [-0.3, -0.25) is 5.84 Å². The molecule has 0 saturated carbocycles. The van der Waals surface area contributed by atoms with Crippen LogP contribution in [0.4, 0.5) is 0 Å². The molecule has 0 radical (unpaired) electrons. The van der Waals surface area contributed by atoms with Crippen LogP contribution in [0.15, 0.2) is 21.3 Å². The van der Waals surface area contributed by atoms with Gasteiger partial charge in [-0.25, -0.2) is 10.1 Å². The lowest BCUT2D eigenvalue weighted by Gasteiger charge is -2.15. The van der Waals surface area contributed by atoms with E-state index in [1.54, 1.807) is 10.9 Å². The fraction of sp³-hybridized carbons (Fsp3) is 0.400. The largest absolute Gasteiger partial charge is 0.469 e. The summed E-state index contributed by atoms with van der Waals surface area (Å²) in [6.07, 6.45) is 2.47. The molecule has 2 aromatic heterocycles. The van der Waals surface area contributed by atoms with E-state index in [0.29, 0.717) is 4.60 Å². The van der Waals surface area contributed by atoms with Gasteiger partial charge in [-0.1, -0.05) is 12.1 Å². The van der Waals surface area contributed by atoms with Gasteiger partial charge in [0.25, 0.3) is 0 Å². The molecule has 0 aliphatic rings. The van der Waals surface area contributed by atoms with Crippen LogP contribution in [-0.4, -0.2) is 15.0 Å². The van der Waals surface area contributed by atoms with Crippen molar-refractivity contribution in [1.29, 1.82) is 0 Å². The summed E-state index contributed by atoms with van der Waals surface area (Å²) in [6.45, 7) is 2.03. The van der Waals surface area contributed by atoms with Crippen molar-refractivity contribution >= 4 is 15.9 Å². The number of halogens is 1. The maximum atomic E-state index is 5.64. The van der Waals surface area contributed by atoms with E-state index >= 15 is 0 Å². The van der Waals surface area contributed by atoms with Crippen LogP contribution in [0.5, 0.6) is 0 Å². The minimum atomic E-state index is -0.196. The van der Waals surface area contributed by atoms with Crippen LogP contribution in [-0.2, 0) is 13.5 Å². The van der Waals surface area contributed by atoms with Crippen molar-refractivity contribution in [3.05, 3.63) is 34.0 Å². The molecular formula is C10H14BrN5O. The number of nitrogens with two attached hydrogens (primary N) is 1. The molecule has 0 amide bonds. The number of aromatic nitrogens is 3. The van der Waals surface area contributed by atoms with E-state index in [-0.39, 0.29) is 6.04 Å². The SMILES string of the molecule is CCc1occc1C(NN)c1c(Br)nnn1C. The molecule has 17 heavy (non-hydrogen) atoms. The second kappa shape index (κ2) is 4.99. The Kier molecular flexibility index (Phi) is 3.60. The summed E-state index contributed by atoms with van der Waals surface area (Å²) in [5.41, 5.74) is 4.64. The number of hydrazine groups is 1. The summed E-state index contributed by atoms with van der Waals surface area (Å²) >= 11 is 3.37. The van der Waals surface area contributed by atoms with E-state index in [0.717, 1.165) is 23.4 Å². The highest BCUT2D eigenvalue weighted by atomic mass is 79.9. The topological polar surface area (TPSA) is 81.9 Å². The Morgan fingerprint density at radius 3 is 2.94 bits per heavy atom. The second-order valence-corrected chi connectivity index (χ2v) is 4.39. The predicted octanol–water partition coefficient (Wildman–Crippen LogP) is 1.29. The lowest BCUT2D eigenvalue weighted by Crippen LogP contribution is -2.31. The van der Waals surface area contributed by atoms with Gasteiger partial charge >= 0.3 is 0 Å². The van der Waals surface area contributed by atoms with Crippen molar-refractivity contribution in [1.82, 2.24) is 20.4 Å². The third-order valence-corrected chi connectivity index (χ3v) is 3.24. The Balaban J connectivity index is 2.47. The van der Waals surface area contributed by atoms with E-state index < -0.39 is 0 Å². The maximum Gasteiger partial charge on any atom is 0.153 e. The monoisotopic (exact) mass is 299 g/mol. The molecule has 0 saturated heterocycles. The van der Waals surface area contributed by atoms with E-state index in [2.05, 4.69) is 31.7 Å². The van der Waals surface area contributed by atoms with Crippen molar-refractivity contribution in [3.63, 3.8) is 0 Å². The normalized spacial score (nSPS) is 12.9. The number of furan rings is 1. The molecule has 3 N–H and O–H groups in total. The minimum Gasteiger partial charge on any atom is -0.469 e. The number of hydrogen-bond donors (Lipinski definition) is 2. The molecule has 92 valence electrons. The number of nitrogens with one attached hydrogen (secondary N) is 1. The van der Waals surface area contributed by atoms with E-state index in [1.807, 2.05) is 20.0 Å². The molecule has 2 rings (SSSR count). The molecular weight excluding hydrogens is 286 g/mol. The van der Waals surface area contributed by atoms with Crippen molar-refractivity contribution in [2.75, 3.05) is 0 Å². The summed E-state index contributed by atoms with van der Waals surface area (Å²) in [5, 5.41) is 7.90. The molecule has 1 unspecified atom stereocenters. The summed E-state index contributed by atoms with van der Waals surface area (Å²) in [5.74, 6) is 6.54. The zero-order chi connectivity index (χ0) is 12.4. The molecule has 1 atom stereocenters. The standard InChI is InChI=1S/C10H14BrN5O/c1-3-7-6(4-5-17-7)8(13-12)9-10(11)14-15-16(9)2/h4-5,8,13H,3,12H2,1-2H3. The Morgan fingerprint density at radius 2 is 2.41 bits per heavy atom. The molecule has 6 nitrogen and oxygen atoms in total. The third-order valence-electron chi connectivity index (χ3n) is 2.68. The second-order valence-electron chi connectivity index (χ2n) is 3.64. The summed E-state index contributed by atoms with van der Waals surface area (Å²) in [7, 11) is 1.82. The van der Waals surface area contributed by atoms with Crippen molar-refractivity contribution in [2.24, 2.45) is 12.9 Å². The van der Waals surface area contributed by atoms with Gasteiger partial charge in [0.1, 0.15) is 5.76 Å². The van der Waals surface area contributed by atoms with Gasteiger partial charge in [0.15, 0.2) is 4.60 Å². The van der Waals surface area contributed by atoms with Gasteiger partial charge in [0.2, 0.25) is 0 Å². The van der Waals surface area contributed by atoms with E-state index in [4.69, 9.17) is 10.3 Å². The average Bonchev–Trinajstić information content (AvgIpc) is 2.91. The Morgan fingerprint density at radius 1 is 1.65 bits per heavy atom. The van der Waals surface area contributed by atoms with Gasteiger partial charge < -0.3 is 4.42 Å². The van der Waals surface area contributed by atoms with Crippen LogP contribution in [0.1, 0.15) is 30.0 Å². The van der Waals surface area contributed by atoms with Gasteiger partial charge in [0.05, 0.1) is 18.0 Å². The first kappa shape index (κ1) is 12.3. The van der Waals surface area contributed by atoms with Crippen molar-refractivity contribution in [2.45, 2.75) is 19.4 Å². The molecule has 0 spiro atoms. The molecule has 2 heterocycles. The Bertz CT molecular complexity index is 487. The van der Waals surface area contributed by atoms with Crippen LogP contribution >= 0.6 is 15.9 Å². The highest BCUT2D eigenvalue weighted by molar-refractivity contribution is 9.10. The number of rotatable bonds is 4. The Hall–Kier alpha value is -1.18. The number of nitrogens with zero attached hydrogens (tertiary/aromatic N) is 3. The zero-order valence-electron chi connectivity index (χ0n) is 9.64. The van der Waals surface area contributed by atoms with E-state index in [1.165, 1.54) is 0 Å². The summed E-state index contributed by atoms with van der Waals surface area (Å²) < 4.78 is 7.77. The van der Waals surface area contributed by atoms with Crippen molar-refractivity contribution in [3.8, 4) is 0 Å². The zero-order valence-corrected chi connectivity index (χ0v) is 11.2. The lowest BCUT2D eigenvalue weighted by atomic mass is 10.0. The van der Waals surface area contributed by atoms with Crippen LogP contribution in [0, 0.1) is 0 Å². The lowest BCUT2D eigenvalue weighted by molar-refractivity contribution is 0.496. The van der Waals surface area contributed by atoms with Crippen LogP contribution in [0.2, 0.25) is 0 Å². The highest BCUT2D eigenvalue weighted by Gasteiger charge is 2.24. The van der Waals surface area contributed by atoms with Gasteiger partial charge in [0, 0.05) is 19.0 Å². The number of aryl methyl sites for hydroxylation is 2. The molecule has 0 bridgehead atoms. The Labute approximate surface area is 107 Å². The van der Waals surface area contributed by atoms with Crippen LogP contribution < -0.4 is 11.3 Å². The summed E-state index contributed by atoms with van der Waals surface area (Å²) in [6, 6.07) is 1.71. The molecule has 2 aromatic rings. The summed E-state index contributed by atoms with van der Waals surface area (Å²) in [4.78, 5) is 0. The predicted molar refractivity (Wildman–Crippen MR) is 66.0 cm³/mol. The van der Waals surface area contributed by atoms with Gasteiger partial charge in [-0.2, -0.15) is 0 Å². The fourth-order valence-corrected chi connectivity index (χ4v) is 2.41. The van der Waals surface area contributed by atoms with E-state index in [9.17, 15) is 0 Å². The fourth-order valence-electron chi connectivity index (χ4n) is 1.86. The highest BCUT2D eigenvalue weighted by Crippen LogP contribution is 2.29.